The van der Waals surface area contributed by atoms with Crippen LogP contribution in [0.2, 0.25) is 0 Å². The first-order valence-electron chi connectivity index (χ1n) is 5.90. The molecule has 11 heteroatoms. The van der Waals surface area contributed by atoms with Crippen molar-refractivity contribution in [3.05, 3.63) is 12.4 Å². The minimum absolute atomic E-state index is 0.142. The van der Waals surface area contributed by atoms with Crippen molar-refractivity contribution < 1.29 is 28.6 Å². The van der Waals surface area contributed by atoms with E-state index in [0.717, 1.165) is 0 Å². The standard InChI is InChI=1S/C10H16N4O6S/c1-10(21(19)20,6-14-5-4-12-13-14)8(9(17)18)11-3-2-7(15)16/h4-5,8,11H,2-3,6H2,1H3,(H,15,16)(H,17,18)(H,19,20)/t8-,10-/m0/s1. The Morgan fingerprint density at radius 3 is 2.57 bits per heavy atom. The molecule has 0 amide bonds. The minimum atomic E-state index is -2.50. The molecule has 10 nitrogen and oxygen atoms in total. The van der Waals surface area contributed by atoms with Crippen LogP contribution in [-0.2, 0) is 27.2 Å². The molecule has 0 spiro atoms. The third kappa shape index (κ3) is 4.58. The summed E-state index contributed by atoms with van der Waals surface area (Å²) in [4.78, 5) is 21.8. The summed E-state index contributed by atoms with van der Waals surface area (Å²) in [6.07, 6.45) is 2.48. The average molecular weight is 320 g/mol. The Hall–Kier alpha value is -1.85. The lowest BCUT2D eigenvalue weighted by atomic mass is 10.0. The second kappa shape index (κ2) is 7.24. The van der Waals surface area contributed by atoms with E-state index in [9.17, 15) is 23.5 Å². The quantitative estimate of drug-likeness (QED) is 0.409. The lowest BCUT2D eigenvalue weighted by Gasteiger charge is -2.32. The highest BCUT2D eigenvalue weighted by Crippen LogP contribution is 2.21. The van der Waals surface area contributed by atoms with Gasteiger partial charge in [0.25, 0.3) is 0 Å². The van der Waals surface area contributed by atoms with Crippen molar-refractivity contribution in [2.24, 2.45) is 0 Å². The Bertz CT molecular complexity index is 522. The van der Waals surface area contributed by atoms with Gasteiger partial charge in [-0.2, -0.15) is 0 Å². The van der Waals surface area contributed by atoms with Crippen molar-refractivity contribution >= 4 is 23.0 Å². The molecule has 21 heavy (non-hydrogen) atoms. The summed E-state index contributed by atoms with van der Waals surface area (Å²) in [7, 11) is 0. The van der Waals surface area contributed by atoms with E-state index in [1.807, 2.05) is 0 Å². The highest BCUT2D eigenvalue weighted by molar-refractivity contribution is 7.80. The lowest BCUT2D eigenvalue weighted by molar-refractivity contribution is -0.141. The summed E-state index contributed by atoms with van der Waals surface area (Å²) >= 11 is -2.50. The maximum absolute atomic E-state index is 11.6. The summed E-state index contributed by atoms with van der Waals surface area (Å²) in [5.74, 6) is -2.46. The molecule has 0 radical (unpaired) electrons. The summed E-state index contributed by atoms with van der Waals surface area (Å²) in [5, 5.41) is 27.5. The predicted molar refractivity (Wildman–Crippen MR) is 70.9 cm³/mol. The zero-order chi connectivity index (χ0) is 16.0. The van der Waals surface area contributed by atoms with Crippen LogP contribution in [0.4, 0.5) is 0 Å². The largest absolute Gasteiger partial charge is 0.481 e. The number of nitrogens with zero attached hydrogens (tertiary/aromatic N) is 3. The molecular weight excluding hydrogens is 304 g/mol. The minimum Gasteiger partial charge on any atom is -0.481 e. The fourth-order valence-corrected chi connectivity index (χ4v) is 2.40. The van der Waals surface area contributed by atoms with Gasteiger partial charge in [-0.1, -0.05) is 5.21 Å². The third-order valence-corrected chi connectivity index (χ3v) is 4.05. The molecule has 0 fully saturated rings. The molecule has 3 atom stereocenters. The van der Waals surface area contributed by atoms with Crippen LogP contribution in [0.3, 0.4) is 0 Å². The van der Waals surface area contributed by atoms with E-state index in [1.165, 1.54) is 24.0 Å². The smallest absolute Gasteiger partial charge is 0.322 e. The molecule has 4 N–H and O–H groups in total. The van der Waals surface area contributed by atoms with Crippen molar-refractivity contribution in [2.45, 2.75) is 30.7 Å². The van der Waals surface area contributed by atoms with Crippen molar-refractivity contribution in [1.82, 2.24) is 20.3 Å². The molecule has 118 valence electrons. The van der Waals surface area contributed by atoms with Gasteiger partial charge in [0.2, 0.25) is 0 Å². The summed E-state index contributed by atoms with van der Waals surface area (Å²) in [6, 6.07) is -1.42. The van der Waals surface area contributed by atoms with Crippen LogP contribution >= 0.6 is 0 Å². The zero-order valence-corrected chi connectivity index (χ0v) is 12.0. The van der Waals surface area contributed by atoms with Crippen LogP contribution in [0.5, 0.6) is 0 Å². The second-order valence-corrected chi connectivity index (χ2v) is 5.96. The van der Waals surface area contributed by atoms with Gasteiger partial charge < -0.3 is 20.1 Å². The first-order valence-corrected chi connectivity index (χ1v) is 7.01. The van der Waals surface area contributed by atoms with E-state index in [2.05, 4.69) is 15.6 Å². The number of carbonyl (C=O) groups is 2. The van der Waals surface area contributed by atoms with E-state index in [-0.39, 0.29) is 19.5 Å². The molecule has 1 aromatic heterocycles. The Kier molecular flexibility index (Phi) is 5.93. The second-order valence-electron chi connectivity index (χ2n) is 4.53. The summed E-state index contributed by atoms with van der Waals surface area (Å²) < 4.78 is 20.7. The van der Waals surface area contributed by atoms with Gasteiger partial charge in [0.15, 0.2) is 11.1 Å². The number of aliphatic carboxylic acids is 2. The van der Waals surface area contributed by atoms with E-state index >= 15 is 0 Å². The monoisotopic (exact) mass is 320 g/mol. The van der Waals surface area contributed by atoms with Crippen LogP contribution < -0.4 is 5.32 Å². The maximum atomic E-state index is 11.6. The molecule has 1 aromatic rings. The van der Waals surface area contributed by atoms with Crippen LogP contribution in [0.15, 0.2) is 12.4 Å². The molecule has 0 aliphatic rings. The maximum Gasteiger partial charge on any atom is 0.322 e. The van der Waals surface area contributed by atoms with Crippen molar-refractivity contribution in [3.63, 3.8) is 0 Å². The fraction of sp³-hybridized carbons (Fsp3) is 0.600. The molecule has 0 saturated heterocycles. The van der Waals surface area contributed by atoms with Gasteiger partial charge >= 0.3 is 11.9 Å². The molecule has 0 aliphatic carbocycles. The van der Waals surface area contributed by atoms with Gasteiger partial charge in [-0.3, -0.25) is 14.3 Å². The number of nitrogens with one attached hydrogen (secondary N) is 1. The highest BCUT2D eigenvalue weighted by Gasteiger charge is 2.45. The first-order chi connectivity index (χ1) is 9.77. The highest BCUT2D eigenvalue weighted by atomic mass is 32.2. The van der Waals surface area contributed by atoms with Crippen LogP contribution in [0.1, 0.15) is 13.3 Å². The van der Waals surface area contributed by atoms with Crippen LogP contribution in [0.25, 0.3) is 0 Å². The molecule has 0 aromatic carbocycles. The summed E-state index contributed by atoms with van der Waals surface area (Å²) in [6.45, 7) is 0.987. The molecule has 0 bridgehead atoms. The molecule has 1 rings (SSSR count). The van der Waals surface area contributed by atoms with E-state index < -0.39 is 33.8 Å². The number of carboxylic acid groups (broad SMARTS) is 2. The molecule has 0 aliphatic heterocycles. The summed E-state index contributed by atoms with van der Waals surface area (Å²) in [5.41, 5.74) is 0. The SMILES string of the molecule is C[C@](Cn1ccnn1)([C@@H](NCCC(=O)O)C(=O)O)S(=O)O. The number of hydrogen-bond donors (Lipinski definition) is 4. The number of aromatic nitrogens is 3. The molecule has 1 unspecified atom stereocenters. The topological polar surface area (TPSA) is 155 Å². The van der Waals surface area contributed by atoms with E-state index in [1.54, 1.807) is 0 Å². The van der Waals surface area contributed by atoms with Crippen LogP contribution in [0, 0.1) is 0 Å². The van der Waals surface area contributed by atoms with Crippen LogP contribution in [-0.4, -0.2) is 63.2 Å². The van der Waals surface area contributed by atoms with E-state index in [0.29, 0.717) is 0 Å². The van der Waals surface area contributed by atoms with Crippen molar-refractivity contribution in [3.8, 4) is 0 Å². The molecule has 1 heterocycles. The Balaban J connectivity index is 2.93. The Morgan fingerprint density at radius 1 is 1.48 bits per heavy atom. The van der Waals surface area contributed by atoms with Gasteiger partial charge in [-0.05, 0) is 6.92 Å². The number of rotatable bonds is 9. The predicted octanol–water partition coefficient (Wildman–Crippen LogP) is -1.22. The van der Waals surface area contributed by atoms with Gasteiger partial charge in [-0.15, -0.1) is 5.10 Å². The third-order valence-electron chi connectivity index (χ3n) is 2.89. The zero-order valence-electron chi connectivity index (χ0n) is 11.2. The molecule has 0 saturated carbocycles. The normalized spacial score (nSPS) is 16.9. The molecular formula is C10H16N4O6S. The Morgan fingerprint density at radius 2 is 2.14 bits per heavy atom. The van der Waals surface area contributed by atoms with E-state index in [4.69, 9.17) is 5.11 Å². The number of hydrogen-bond acceptors (Lipinski definition) is 6. The van der Waals surface area contributed by atoms with Crippen molar-refractivity contribution in [1.29, 1.82) is 0 Å². The van der Waals surface area contributed by atoms with Gasteiger partial charge in [0.1, 0.15) is 10.8 Å². The van der Waals surface area contributed by atoms with Crippen molar-refractivity contribution in [2.75, 3.05) is 6.54 Å². The Labute approximate surface area is 122 Å². The first kappa shape index (κ1) is 17.2. The lowest BCUT2D eigenvalue weighted by Crippen LogP contribution is -2.58. The average Bonchev–Trinajstić information content (AvgIpc) is 2.86. The van der Waals surface area contributed by atoms with Gasteiger partial charge in [0.05, 0.1) is 19.2 Å². The number of carboxylic acids is 2. The van der Waals surface area contributed by atoms with Gasteiger partial charge in [-0.25, -0.2) is 4.21 Å². The van der Waals surface area contributed by atoms with Gasteiger partial charge in [0, 0.05) is 12.7 Å². The fourth-order valence-electron chi connectivity index (χ4n) is 1.77.